The van der Waals surface area contributed by atoms with E-state index < -0.39 is 0 Å². The first-order valence-electron chi connectivity index (χ1n) is 9.44. The minimum Gasteiger partial charge on any atom is -0.465 e. The third kappa shape index (κ3) is 3.58. The predicted octanol–water partition coefficient (Wildman–Crippen LogP) is 4.45. The number of carbonyl (C=O) groups excluding carboxylic acids is 1. The molecule has 0 saturated heterocycles. The molecule has 0 radical (unpaired) electrons. The van der Waals surface area contributed by atoms with Gasteiger partial charge in [-0.1, -0.05) is 0 Å². The van der Waals surface area contributed by atoms with E-state index in [2.05, 4.69) is 31.2 Å². The number of benzene rings is 1. The molecular formula is C21H30N2O3. The number of ether oxygens (including phenoxy) is 1. The molecule has 1 heterocycles. The van der Waals surface area contributed by atoms with Crippen molar-refractivity contribution in [2.24, 2.45) is 5.92 Å². The summed E-state index contributed by atoms with van der Waals surface area (Å²) in [5.74, 6) is 0.316. The van der Waals surface area contributed by atoms with Crippen LogP contribution in [-0.4, -0.2) is 44.2 Å². The molecule has 1 aromatic carbocycles. The molecule has 5 heteroatoms. The van der Waals surface area contributed by atoms with E-state index in [0.29, 0.717) is 29.1 Å². The minimum absolute atomic E-state index is 0.323. The predicted molar refractivity (Wildman–Crippen MR) is 105 cm³/mol. The summed E-state index contributed by atoms with van der Waals surface area (Å²) in [7, 11) is 5.76. The Morgan fingerprint density at radius 2 is 2.00 bits per heavy atom. The molecule has 1 atom stereocenters. The maximum Gasteiger partial charge on any atom is 0.338 e. The molecule has 1 aliphatic rings. The van der Waals surface area contributed by atoms with Crippen molar-refractivity contribution in [3.8, 4) is 0 Å². The van der Waals surface area contributed by atoms with E-state index in [1.165, 1.54) is 32.8 Å². The molecule has 142 valence electrons. The average Bonchev–Trinajstić information content (AvgIpc) is 3.09. The van der Waals surface area contributed by atoms with Crippen LogP contribution in [0.5, 0.6) is 0 Å². The van der Waals surface area contributed by atoms with Crippen molar-refractivity contribution >= 4 is 22.6 Å². The number of esters is 1. The summed E-state index contributed by atoms with van der Waals surface area (Å²) in [4.78, 5) is 14.6. The van der Waals surface area contributed by atoms with Crippen LogP contribution in [0.4, 0.5) is 5.69 Å². The summed E-state index contributed by atoms with van der Waals surface area (Å²) in [6, 6.07) is 4.86. The maximum absolute atomic E-state index is 12.3. The Labute approximate surface area is 155 Å². The van der Waals surface area contributed by atoms with Crippen LogP contribution < -0.4 is 5.32 Å². The summed E-state index contributed by atoms with van der Waals surface area (Å²) < 4.78 is 10.6. The van der Waals surface area contributed by atoms with Crippen LogP contribution in [0, 0.1) is 12.8 Å². The standard InChI is InChI=1S/C21H30N2O3/c1-13-18(12-19-17(10-11-26-19)20(13)21(24)25-5)22-14(2)15-6-8-16(9-7-15)23(3)4/h10-12,14-16,22H,6-9H2,1-5H3. The molecule has 1 N–H and O–H groups in total. The second-order valence-corrected chi connectivity index (χ2v) is 7.71. The normalized spacial score (nSPS) is 21.8. The highest BCUT2D eigenvalue weighted by Gasteiger charge is 2.27. The van der Waals surface area contributed by atoms with Gasteiger partial charge < -0.3 is 19.4 Å². The zero-order valence-electron chi connectivity index (χ0n) is 16.5. The fourth-order valence-electron chi connectivity index (χ4n) is 4.21. The number of nitrogens with zero attached hydrogens (tertiary/aromatic N) is 1. The number of hydrogen-bond donors (Lipinski definition) is 1. The Morgan fingerprint density at radius 3 is 2.62 bits per heavy atom. The highest BCUT2D eigenvalue weighted by Crippen LogP contribution is 2.34. The van der Waals surface area contributed by atoms with Gasteiger partial charge in [0.05, 0.1) is 18.9 Å². The molecule has 1 unspecified atom stereocenters. The van der Waals surface area contributed by atoms with Crippen LogP contribution in [0.25, 0.3) is 11.0 Å². The van der Waals surface area contributed by atoms with Gasteiger partial charge in [-0.25, -0.2) is 4.79 Å². The van der Waals surface area contributed by atoms with E-state index >= 15 is 0 Å². The van der Waals surface area contributed by atoms with Gasteiger partial charge in [-0.15, -0.1) is 0 Å². The lowest BCUT2D eigenvalue weighted by Crippen LogP contribution is -2.36. The SMILES string of the molecule is COC(=O)c1c(C)c(NC(C)C2CCC(N(C)C)CC2)cc2occc12. The second kappa shape index (κ2) is 7.70. The molecule has 3 rings (SSSR count). The molecule has 0 spiro atoms. The van der Waals surface area contributed by atoms with Gasteiger partial charge in [-0.3, -0.25) is 0 Å². The molecule has 1 aromatic heterocycles. The molecular weight excluding hydrogens is 328 g/mol. The van der Waals surface area contributed by atoms with Crippen molar-refractivity contribution in [2.75, 3.05) is 26.5 Å². The van der Waals surface area contributed by atoms with E-state index in [4.69, 9.17) is 9.15 Å². The largest absolute Gasteiger partial charge is 0.465 e. The van der Waals surface area contributed by atoms with Crippen molar-refractivity contribution in [2.45, 2.75) is 51.6 Å². The van der Waals surface area contributed by atoms with Gasteiger partial charge in [0.15, 0.2) is 0 Å². The number of hydrogen-bond acceptors (Lipinski definition) is 5. The molecule has 26 heavy (non-hydrogen) atoms. The van der Waals surface area contributed by atoms with Crippen LogP contribution in [0.1, 0.15) is 48.5 Å². The molecule has 0 aliphatic heterocycles. The van der Waals surface area contributed by atoms with Crippen LogP contribution in [0.15, 0.2) is 22.8 Å². The average molecular weight is 358 g/mol. The lowest BCUT2D eigenvalue weighted by atomic mass is 9.81. The van der Waals surface area contributed by atoms with Gasteiger partial charge in [-0.2, -0.15) is 0 Å². The van der Waals surface area contributed by atoms with Gasteiger partial charge in [0.25, 0.3) is 0 Å². The summed E-state index contributed by atoms with van der Waals surface area (Å²) in [5.41, 5.74) is 3.17. The molecule has 0 bridgehead atoms. The zero-order valence-corrected chi connectivity index (χ0v) is 16.5. The van der Waals surface area contributed by atoms with Gasteiger partial charge in [-0.05, 0) is 71.2 Å². The molecule has 0 amide bonds. The van der Waals surface area contributed by atoms with Gasteiger partial charge >= 0.3 is 5.97 Å². The van der Waals surface area contributed by atoms with Gasteiger partial charge in [0, 0.05) is 29.2 Å². The van der Waals surface area contributed by atoms with Gasteiger partial charge in [0.2, 0.25) is 0 Å². The highest BCUT2D eigenvalue weighted by molar-refractivity contribution is 6.06. The molecule has 1 saturated carbocycles. The van der Waals surface area contributed by atoms with E-state index in [0.717, 1.165) is 16.6 Å². The molecule has 2 aromatic rings. The number of anilines is 1. The third-order valence-electron chi connectivity index (χ3n) is 5.97. The van der Waals surface area contributed by atoms with E-state index in [1.807, 2.05) is 19.1 Å². The lowest BCUT2D eigenvalue weighted by molar-refractivity contribution is 0.0602. The van der Waals surface area contributed by atoms with Crippen LogP contribution in [0.2, 0.25) is 0 Å². The monoisotopic (exact) mass is 358 g/mol. The molecule has 1 fully saturated rings. The summed E-state index contributed by atoms with van der Waals surface area (Å²) in [6.45, 7) is 4.21. The number of furan rings is 1. The molecule has 5 nitrogen and oxygen atoms in total. The highest BCUT2D eigenvalue weighted by atomic mass is 16.5. The Bertz CT molecular complexity index is 773. The minimum atomic E-state index is -0.323. The van der Waals surface area contributed by atoms with Crippen molar-refractivity contribution in [1.82, 2.24) is 4.90 Å². The summed E-state index contributed by atoms with van der Waals surface area (Å²) in [5, 5.41) is 4.45. The van der Waals surface area contributed by atoms with Crippen molar-refractivity contribution in [3.05, 3.63) is 29.5 Å². The summed E-state index contributed by atoms with van der Waals surface area (Å²) >= 11 is 0. The lowest BCUT2D eigenvalue weighted by Gasteiger charge is -2.36. The van der Waals surface area contributed by atoms with Crippen molar-refractivity contribution < 1.29 is 13.9 Å². The van der Waals surface area contributed by atoms with Crippen molar-refractivity contribution in [3.63, 3.8) is 0 Å². The third-order valence-corrected chi connectivity index (χ3v) is 5.97. The number of methoxy groups -OCH3 is 1. The number of rotatable bonds is 5. The van der Waals surface area contributed by atoms with Gasteiger partial charge in [0.1, 0.15) is 5.58 Å². The first-order chi connectivity index (χ1) is 12.4. The maximum atomic E-state index is 12.3. The first-order valence-corrected chi connectivity index (χ1v) is 9.44. The fourth-order valence-corrected chi connectivity index (χ4v) is 4.21. The van der Waals surface area contributed by atoms with E-state index in [9.17, 15) is 4.79 Å². The number of nitrogens with one attached hydrogen (secondary N) is 1. The van der Waals surface area contributed by atoms with Crippen molar-refractivity contribution in [1.29, 1.82) is 0 Å². The Hall–Kier alpha value is -2.01. The number of carbonyl (C=O) groups is 1. The molecule has 1 aliphatic carbocycles. The van der Waals surface area contributed by atoms with Crippen LogP contribution >= 0.6 is 0 Å². The quantitative estimate of drug-likeness (QED) is 0.800. The zero-order chi connectivity index (χ0) is 18.8. The van der Waals surface area contributed by atoms with Crippen LogP contribution in [0.3, 0.4) is 0 Å². The summed E-state index contributed by atoms with van der Waals surface area (Å²) in [6.07, 6.45) is 6.55. The Kier molecular flexibility index (Phi) is 5.56. The second-order valence-electron chi connectivity index (χ2n) is 7.71. The topological polar surface area (TPSA) is 54.7 Å². The van der Waals surface area contributed by atoms with Crippen LogP contribution in [-0.2, 0) is 4.74 Å². The van der Waals surface area contributed by atoms with E-state index in [-0.39, 0.29) is 5.97 Å². The van der Waals surface area contributed by atoms with E-state index in [1.54, 1.807) is 6.26 Å². The fraction of sp³-hybridized carbons (Fsp3) is 0.571. The Morgan fingerprint density at radius 1 is 1.31 bits per heavy atom. The number of fused-ring (bicyclic) bond motifs is 1. The Balaban J connectivity index is 1.80. The smallest absolute Gasteiger partial charge is 0.338 e. The first kappa shape index (κ1) is 18.8.